The number of carbonyl (C=O) groups excluding carboxylic acids is 1. The summed E-state index contributed by atoms with van der Waals surface area (Å²) in [6.45, 7) is 5.71. The molecule has 0 radical (unpaired) electrons. The zero-order valence-electron chi connectivity index (χ0n) is 10.9. The lowest BCUT2D eigenvalue weighted by atomic mass is 10.2. The van der Waals surface area contributed by atoms with Gasteiger partial charge in [0.15, 0.2) is 0 Å². The normalized spacial score (nSPS) is 10.1. The fraction of sp³-hybridized carbons (Fsp3) is 0.538. The first-order valence-electron chi connectivity index (χ1n) is 6.16. The van der Waals surface area contributed by atoms with Gasteiger partial charge in [-0.2, -0.15) is 0 Å². The highest BCUT2D eigenvalue weighted by Crippen LogP contribution is 2.10. The van der Waals surface area contributed by atoms with E-state index in [0.717, 1.165) is 31.7 Å². The van der Waals surface area contributed by atoms with Crippen molar-refractivity contribution in [1.82, 2.24) is 9.88 Å². The van der Waals surface area contributed by atoms with Gasteiger partial charge in [0.1, 0.15) is 5.82 Å². The van der Waals surface area contributed by atoms with Crippen LogP contribution in [-0.2, 0) is 0 Å². The number of aromatic nitrogens is 1. The molecule has 0 fully saturated rings. The minimum atomic E-state index is 0.0832. The summed E-state index contributed by atoms with van der Waals surface area (Å²) in [6.07, 6.45) is 3.80. The van der Waals surface area contributed by atoms with Crippen molar-refractivity contribution in [2.75, 3.05) is 25.5 Å². The van der Waals surface area contributed by atoms with E-state index in [0.29, 0.717) is 5.56 Å². The molecule has 1 rings (SSSR count). The van der Waals surface area contributed by atoms with Gasteiger partial charge in [0.2, 0.25) is 0 Å². The van der Waals surface area contributed by atoms with E-state index in [4.69, 9.17) is 0 Å². The Kier molecular flexibility index (Phi) is 5.46. The number of rotatable bonds is 6. The molecule has 1 aromatic rings. The van der Waals surface area contributed by atoms with E-state index < -0.39 is 0 Å². The van der Waals surface area contributed by atoms with Crippen molar-refractivity contribution < 1.29 is 4.79 Å². The molecule has 0 atom stereocenters. The van der Waals surface area contributed by atoms with E-state index in [1.165, 1.54) is 0 Å². The van der Waals surface area contributed by atoms with Crippen LogP contribution in [0.3, 0.4) is 0 Å². The number of nitrogens with zero attached hydrogens (tertiary/aromatic N) is 2. The standard InChI is InChI=1S/C13H21N3O/c1-4-6-9-16(5-2)13(17)11-7-8-15-12(10-11)14-3/h7-8,10H,4-6,9H2,1-3H3,(H,14,15). The van der Waals surface area contributed by atoms with Crippen LogP contribution in [-0.4, -0.2) is 35.9 Å². The molecule has 1 aromatic heterocycles. The maximum atomic E-state index is 12.2. The summed E-state index contributed by atoms with van der Waals surface area (Å²) in [6, 6.07) is 3.55. The van der Waals surface area contributed by atoms with Crippen LogP contribution in [0.4, 0.5) is 5.82 Å². The number of amides is 1. The zero-order chi connectivity index (χ0) is 12.7. The number of carbonyl (C=O) groups is 1. The van der Waals surface area contributed by atoms with Gasteiger partial charge in [-0.15, -0.1) is 0 Å². The fourth-order valence-corrected chi connectivity index (χ4v) is 1.64. The Hall–Kier alpha value is -1.58. The van der Waals surface area contributed by atoms with Gasteiger partial charge < -0.3 is 10.2 Å². The minimum absolute atomic E-state index is 0.0832. The second-order valence-corrected chi connectivity index (χ2v) is 3.92. The molecule has 0 unspecified atom stereocenters. The molecular weight excluding hydrogens is 214 g/mol. The van der Waals surface area contributed by atoms with Gasteiger partial charge in [0, 0.05) is 31.9 Å². The maximum absolute atomic E-state index is 12.2. The first-order chi connectivity index (χ1) is 8.22. The Labute approximate surface area is 103 Å². The number of pyridine rings is 1. The highest BCUT2D eigenvalue weighted by molar-refractivity contribution is 5.94. The third-order valence-electron chi connectivity index (χ3n) is 2.71. The third kappa shape index (κ3) is 3.73. The molecule has 94 valence electrons. The third-order valence-corrected chi connectivity index (χ3v) is 2.71. The molecule has 0 aliphatic carbocycles. The molecule has 0 aliphatic heterocycles. The Balaban J connectivity index is 2.78. The van der Waals surface area contributed by atoms with Gasteiger partial charge in [-0.3, -0.25) is 4.79 Å². The van der Waals surface area contributed by atoms with Crippen molar-refractivity contribution in [2.24, 2.45) is 0 Å². The van der Waals surface area contributed by atoms with Crippen LogP contribution in [0.5, 0.6) is 0 Å². The lowest BCUT2D eigenvalue weighted by Gasteiger charge is -2.20. The molecule has 1 N–H and O–H groups in total. The van der Waals surface area contributed by atoms with E-state index in [1.807, 2.05) is 11.8 Å². The lowest BCUT2D eigenvalue weighted by Crippen LogP contribution is -2.31. The number of nitrogens with one attached hydrogen (secondary N) is 1. The average Bonchev–Trinajstić information content (AvgIpc) is 2.39. The first kappa shape index (κ1) is 13.5. The van der Waals surface area contributed by atoms with Crippen LogP contribution in [0, 0.1) is 0 Å². The number of hydrogen-bond acceptors (Lipinski definition) is 3. The zero-order valence-corrected chi connectivity index (χ0v) is 10.9. The highest BCUT2D eigenvalue weighted by Gasteiger charge is 2.13. The molecule has 0 spiro atoms. The van der Waals surface area contributed by atoms with Crippen LogP contribution in [0.25, 0.3) is 0 Å². The van der Waals surface area contributed by atoms with Crippen molar-refractivity contribution in [3.05, 3.63) is 23.9 Å². The Morgan fingerprint density at radius 1 is 1.47 bits per heavy atom. The minimum Gasteiger partial charge on any atom is -0.373 e. The van der Waals surface area contributed by atoms with Gasteiger partial charge in [-0.05, 0) is 25.5 Å². The number of unbranched alkanes of at least 4 members (excludes halogenated alkanes) is 1. The summed E-state index contributed by atoms with van der Waals surface area (Å²) in [5.41, 5.74) is 0.697. The maximum Gasteiger partial charge on any atom is 0.254 e. The summed E-state index contributed by atoms with van der Waals surface area (Å²) >= 11 is 0. The van der Waals surface area contributed by atoms with Crippen LogP contribution < -0.4 is 5.32 Å². The van der Waals surface area contributed by atoms with Crippen molar-refractivity contribution in [3.63, 3.8) is 0 Å². The molecular formula is C13H21N3O. The largest absolute Gasteiger partial charge is 0.373 e. The van der Waals surface area contributed by atoms with E-state index in [1.54, 1.807) is 25.4 Å². The summed E-state index contributed by atoms with van der Waals surface area (Å²) in [5, 5.41) is 2.94. The van der Waals surface area contributed by atoms with Crippen LogP contribution in [0.1, 0.15) is 37.0 Å². The summed E-state index contributed by atoms with van der Waals surface area (Å²) in [5.74, 6) is 0.808. The van der Waals surface area contributed by atoms with Crippen LogP contribution in [0.2, 0.25) is 0 Å². The van der Waals surface area contributed by atoms with Gasteiger partial charge >= 0.3 is 0 Å². The second-order valence-electron chi connectivity index (χ2n) is 3.92. The lowest BCUT2D eigenvalue weighted by molar-refractivity contribution is 0.0762. The van der Waals surface area contributed by atoms with Gasteiger partial charge in [0.05, 0.1) is 0 Å². The topological polar surface area (TPSA) is 45.2 Å². The number of anilines is 1. The van der Waals surface area contributed by atoms with Gasteiger partial charge in [-0.25, -0.2) is 4.98 Å². The highest BCUT2D eigenvalue weighted by atomic mass is 16.2. The van der Waals surface area contributed by atoms with Crippen molar-refractivity contribution in [3.8, 4) is 0 Å². The Bertz CT molecular complexity index is 365. The summed E-state index contributed by atoms with van der Waals surface area (Å²) in [7, 11) is 1.80. The molecule has 0 saturated carbocycles. The van der Waals surface area contributed by atoms with Gasteiger partial charge in [0.25, 0.3) is 5.91 Å². The van der Waals surface area contributed by atoms with Crippen molar-refractivity contribution in [1.29, 1.82) is 0 Å². The molecule has 0 aromatic carbocycles. The van der Waals surface area contributed by atoms with Gasteiger partial charge in [-0.1, -0.05) is 13.3 Å². The number of hydrogen-bond donors (Lipinski definition) is 1. The first-order valence-corrected chi connectivity index (χ1v) is 6.16. The van der Waals surface area contributed by atoms with E-state index >= 15 is 0 Å². The molecule has 0 saturated heterocycles. The quantitative estimate of drug-likeness (QED) is 0.823. The predicted molar refractivity (Wildman–Crippen MR) is 70.3 cm³/mol. The molecule has 1 heterocycles. The SMILES string of the molecule is CCCCN(CC)C(=O)c1ccnc(NC)c1. The van der Waals surface area contributed by atoms with E-state index in [9.17, 15) is 4.79 Å². The molecule has 4 heteroatoms. The van der Waals surface area contributed by atoms with Crippen LogP contribution >= 0.6 is 0 Å². The molecule has 4 nitrogen and oxygen atoms in total. The van der Waals surface area contributed by atoms with Crippen molar-refractivity contribution in [2.45, 2.75) is 26.7 Å². The summed E-state index contributed by atoms with van der Waals surface area (Å²) < 4.78 is 0. The predicted octanol–water partition coefficient (Wildman–Crippen LogP) is 2.39. The van der Waals surface area contributed by atoms with Crippen molar-refractivity contribution >= 4 is 11.7 Å². The fourth-order valence-electron chi connectivity index (χ4n) is 1.64. The van der Waals surface area contributed by atoms with E-state index in [-0.39, 0.29) is 5.91 Å². The molecule has 0 bridgehead atoms. The second kappa shape index (κ2) is 6.89. The Morgan fingerprint density at radius 3 is 2.82 bits per heavy atom. The van der Waals surface area contributed by atoms with E-state index in [2.05, 4.69) is 17.2 Å². The smallest absolute Gasteiger partial charge is 0.254 e. The summed E-state index contributed by atoms with van der Waals surface area (Å²) in [4.78, 5) is 18.2. The molecule has 0 aliphatic rings. The average molecular weight is 235 g/mol. The molecule has 1 amide bonds. The Morgan fingerprint density at radius 2 is 2.24 bits per heavy atom. The molecule has 17 heavy (non-hydrogen) atoms. The monoisotopic (exact) mass is 235 g/mol. The van der Waals surface area contributed by atoms with Crippen LogP contribution in [0.15, 0.2) is 18.3 Å².